The number of hydrogen-bond donors (Lipinski definition) is 2. The minimum absolute atomic E-state index is 0.144. The number of aliphatic hydroxyl groups is 1. The molecule has 0 aromatic carbocycles. The van der Waals surface area contributed by atoms with Crippen LogP contribution in [0.3, 0.4) is 0 Å². The highest BCUT2D eigenvalue weighted by molar-refractivity contribution is 8.00. The zero-order valence-corrected chi connectivity index (χ0v) is 11.2. The average Bonchev–Trinajstić information content (AvgIpc) is 2.37. The van der Waals surface area contributed by atoms with E-state index in [9.17, 15) is 9.90 Å². The van der Waals surface area contributed by atoms with Crippen molar-refractivity contribution in [2.75, 3.05) is 12.3 Å². The number of carbonyl (C=O) groups is 1. The van der Waals surface area contributed by atoms with Crippen LogP contribution in [-0.4, -0.2) is 34.7 Å². The molecule has 1 aliphatic heterocycles. The highest BCUT2D eigenvalue weighted by Gasteiger charge is 2.24. The molecular weight excluding hydrogens is 234 g/mol. The van der Waals surface area contributed by atoms with E-state index in [1.54, 1.807) is 11.8 Å². The summed E-state index contributed by atoms with van der Waals surface area (Å²) in [6.45, 7) is 0.757. The standard InChI is InChI=1S/C13H23NO2S/c15-11-5-3-4-10(8-11)9-14-13(16)12-6-1-2-7-17-12/h10-12,15H,1-9H2,(H,14,16). The highest BCUT2D eigenvalue weighted by Crippen LogP contribution is 2.26. The van der Waals surface area contributed by atoms with E-state index in [1.807, 2.05) is 0 Å². The van der Waals surface area contributed by atoms with Gasteiger partial charge in [0.1, 0.15) is 0 Å². The van der Waals surface area contributed by atoms with Crippen LogP contribution in [0.4, 0.5) is 0 Å². The van der Waals surface area contributed by atoms with Crippen LogP contribution in [0.1, 0.15) is 44.9 Å². The van der Waals surface area contributed by atoms with Gasteiger partial charge < -0.3 is 10.4 Å². The van der Waals surface area contributed by atoms with Gasteiger partial charge in [-0.15, -0.1) is 11.8 Å². The largest absolute Gasteiger partial charge is 0.393 e. The summed E-state index contributed by atoms with van der Waals surface area (Å²) < 4.78 is 0. The predicted molar refractivity (Wildman–Crippen MR) is 71.1 cm³/mol. The molecule has 1 aliphatic carbocycles. The zero-order chi connectivity index (χ0) is 12.1. The van der Waals surface area contributed by atoms with Gasteiger partial charge in [-0.25, -0.2) is 0 Å². The molecule has 3 atom stereocenters. The van der Waals surface area contributed by atoms with Crippen LogP contribution in [0, 0.1) is 5.92 Å². The lowest BCUT2D eigenvalue weighted by Gasteiger charge is -2.27. The Hall–Kier alpha value is -0.220. The molecule has 4 heteroatoms. The van der Waals surface area contributed by atoms with Crippen LogP contribution in [-0.2, 0) is 4.79 Å². The molecule has 2 fully saturated rings. The van der Waals surface area contributed by atoms with Gasteiger partial charge in [0.05, 0.1) is 11.4 Å². The Morgan fingerprint density at radius 1 is 1.24 bits per heavy atom. The van der Waals surface area contributed by atoms with Gasteiger partial charge in [0.25, 0.3) is 0 Å². The first-order valence-corrected chi connectivity index (χ1v) is 7.88. The maximum absolute atomic E-state index is 11.9. The van der Waals surface area contributed by atoms with Crippen molar-refractivity contribution >= 4 is 17.7 Å². The number of rotatable bonds is 3. The molecule has 2 N–H and O–H groups in total. The van der Waals surface area contributed by atoms with E-state index >= 15 is 0 Å². The number of hydrogen-bond acceptors (Lipinski definition) is 3. The molecule has 1 amide bonds. The molecule has 0 aromatic heterocycles. The first kappa shape index (κ1) is 13.2. The van der Waals surface area contributed by atoms with Crippen molar-refractivity contribution in [3.8, 4) is 0 Å². The fourth-order valence-corrected chi connectivity index (χ4v) is 3.98. The topological polar surface area (TPSA) is 49.3 Å². The second-order valence-corrected chi connectivity index (χ2v) is 6.60. The third-order valence-electron chi connectivity index (χ3n) is 3.79. The minimum Gasteiger partial charge on any atom is -0.393 e. The van der Waals surface area contributed by atoms with Crippen molar-refractivity contribution in [3.05, 3.63) is 0 Å². The van der Waals surface area contributed by atoms with E-state index in [2.05, 4.69) is 5.32 Å². The summed E-state index contributed by atoms with van der Waals surface area (Å²) in [5.74, 6) is 1.83. The summed E-state index contributed by atoms with van der Waals surface area (Å²) in [6, 6.07) is 0. The summed E-state index contributed by atoms with van der Waals surface area (Å²) in [4.78, 5) is 11.9. The van der Waals surface area contributed by atoms with Crippen LogP contribution in [0.5, 0.6) is 0 Å². The maximum atomic E-state index is 11.9. The molecule has 0 aromatic rings. The first-order chi connectivity index (χ1) is 8.25. The maximum Gasteiger partial charge on any atom is 0.233 e. The second kappa shape index (κ2) is 6.64. The lowest BCUT2D eigenvalue weighted by molar-refractivity contribution is -0.121. The van der Waals surface area contributed by atoms with Crippen molar-refractivity contribution in [1.82, 2.24) is 5.32 Å². The van der Waals surface area contributed by atoms with Gasteiger partial charge in [0, 0.05) is 6.54 Å². The average molecular weight is 257 g/mol. The monoisotopic (exact) mass is 257 g/mol. The highest BCUT2D eigenvalue weighted by atomic mass is 32.2. The number of aliphatic hydroxyl groups excluding tert-OH is 1. The van der Waals surface area contributed by atoms with E-state index in [0.29, 0.717) is 5.92 Å². The Balaban J connectivity index is 1.68. The summed E-state index contributed by atoms with van der Waals surface area (Å²) in [5, 5.41) is 12.8. The minimum atomic E-state index is -0.144. The first-order valence-electron chi connectivity index (χ1n) is 6.83. The summed E-state index contributed by atoms with van der Waals surface area (Å²) in [6.07, 6.45) is 7.37. The van der Waals surface area contributed by atoms with Crippen LogP contribution in [0.25, 0.3) is 0 Å². The molecule has 17 heavy (non-hydrogen) atoms. The lowest BCUT2D eigenvalue weighted by atomic mass is 9.87. The zero-order valence-electron chi connectivity index (χ0n) is 10.4. The molecular formula is C13H23NO2S. The smallest absolute Gasteiger partial charge is 0.233 e. The molecule has 3 nitrogen and oxygen atoms in total. The van der Waals surface area contributed by atoms with Crippen LogP contribution >= 0.6 is 11.8 Å². The Bertz CT molecular complexity index is 254. The number of amides is 1. The Morgan fingerprint density at radius 3 is 2.82 bits per heavy atom. The molecule has 2 rings (SSSR count). The van der Waals surface area contributed by atoms with Gasteiger partial charge in [-0.3, -0.25) is 4.79 Å². The molecule has 0 radical (unpaired) electrons. The molecule has 3 unspecified atom stereocenters. The summed E-state index contributed by atoms with van der Waals surface area (Å²) >= 11 is 1.80. The van der Waals surface area contributed by atoms with Gasteiger partial charge in [0.15, 0.2) is 0 Å². The fourth-order valence-electron chi connectivity index (χ4n) is 2.75. The van der Waals surface area contributed by atoms with Crippen molar-refractivity contribution in [2.45, 2.75) is 56.3 Å². The third-order valence-corrected chi connectivity index (χ3v) is 5.17. The van der Waals surface area contributed by atoms with E-state index in [0.717, 1.165) is 44.4 Å². The normalized spacial score (nSPS) is 34.3. The number of carbonyl (C=O) groups excluding carboxylic acids is 1. The van der Waals surface area contributed by atoms with E-state index in [4.69, 9.17) is 0 Å². The Labute approximate surface area is 108 Å². The lowest BCUT2D eigenvalue weighted by Crippen LogP contribution is -2.38. The van der Waals surface area contributed by atoms with E-state index in [-0.39, 0.29) is 17.3 Å². The molecule has 2 aliphatic rings. The summed E-state index contributed by atoms with van der Waals surface area (Å²) in [5.41, 5.74) is 0. The number of nitrogens with one attached hydrogen (secondary N) is 1. The second-order valence-electron chi connectivity index (χ2n) is 5.29. The van der Waals surface area contributed by atoms with Gasteiger partial charge in [-0.1, -0.05) is 12.8 Å². The molecule has 98 valence electrons. The Morgan fingerprint density at radius 2 is 2.12 bits per heavy atom. The summed E-state index contributed by atoms with van der Waals surface area (Å²) in [7, 11) is 0. The SMILES string of the molecule is O=C(NCC1CCCC(O)C1)C1CCCCS1. The van der Waals surface area contributed by atoms with Crippen molar-refractivity contribution in [2.24, 2.45) is 5.92 Å². The fraction of sp³-hybridized carbons (Fsp3) is 0.923. The van der Waals surface area contributed by atoms with E-state index in [1.165, 1.54) is 12.8 Å². The van der Waals surface area contributed by atoms with Gasteiger partial charge in [-0.2, -0.15) is 0 Å². The molecule has 0 bridgehead atoms. The van der Waals surface area contributed by atoms with Crippen LogP contribution in [0.2, 0.25) is 0 Å². The molecule has 0 spiro atoms. The molecule has 1 saturated carbocycles. The van der Waals surface area contributed by atoms with Gasteiger partial charge in [-0.05, 0) is 43.8 Å². The van der Waals surface area contributed by atoms with E-state index < -0.39 is 0 Å². The van der Waals surface area contributed by atoms with Crippen molar-refractivity contribution < 1.29 is 9.90 Å². The van der Waals surface area contributed by atoms with Crippen LogP contribution in [0.15, 0.2) is 0 Å². The van der Waals surface area contributed by atoms with Crippen molar-refractivity contribution in [1.29, 1.82) is 0 Å². The number of thioether (sulfide) groups is 1. The molecule has 1 saturated heterocycles. The van der Waals surface area contributed by atoms with Gasteiger partial charge >= 0.3 is 0 Å². The predicted octanol–water partition coefficient (Wildman–Crippen LogP) is 1.94. The van der Waals surface area contributed by atoms with Crippen molar-refractivity contribution in [3.63, 3.8) is 0 Å². The van der Waals surface area contributed by atoms with Gasteiger partial charge in [0.2, 0.25) is 5.91 Å². The van der Waals surface area contributed by atoms with Crippen LogP contribution < -0.4 is 5.32 Å². The molecule has 1 heterocycles. The third kappa shape index (κ3) is 4.18. The quantitative estimate of drug-likeness (QED) is 0.812. The Kier molecular flexibility index (Phi) is 5.16.